The number of pyridine rings is 1. The lowest BCUT2D eigenvalue weighted by molar-refractivity contribution is 0.416. The highest BCUT2D eigenvalue weighted by atomic mass is 31.1. The minimum absolute atomic E-state index is 0.238. The molecule has 0 aliphatic heterocycles. The molecule has 2 heterocycles. The molecule has 0 saturated heterocycles. The number of hydrogen-bond donors (Lipinski definition) is 2. The second-order valence-electron chi connectivity index (χ2n) is 8.73. The molecule has 0 aliphatic rings. The van der Waals surface area contributed by atoms with Crippen LogP contribution >= 0.6 is 7.92 Å². The van der Waals surface area contributed by atoms with Gasteiger partial charge in [0, 0.05) is 48.4 Å². The van der Waals surface area contributed by atoms with Gasteiger partial charge in [-0.1, -0.05) is 32.2 Å². The molecule has 4 aromatic rings. The van der Waals surface area contributed by atoms with Crippen LogP contribution in [0.25, 0.3) is 22.3 Å². The zero-order valence-corrected chi connectivity index (χ0v) is 20.7. The van der Waals surface area contributed by atoms with E-state index in [2.05, 4.69) is 89.9 Å². The van der Waals surface area contributed by atoms with E-state index in [0.29, 0.717) is 5.69 Å². The molecule has 0 unspecified atom stereocenters. The zero-order valence-electron chi connectivity index (χ0n) is 19.9. The Bertz CT molecular complexity index is 1230. The zero-order chi connectivity index (χ0) is 23.5. The van der Waals surface area contributed by atoms with Gasteiger partial charge in [0.25, 0.3) is 0 Å². The van der Waals surface area contributed by atoms with Crippen molar-refractivity contribution in [2.24, 2.45) is 0 Å². The molecule has 2 N–H and O–H groups in total. The van der Waals surface area contributed by atoms with Crippen molar-refractivity contribution in [3.05, 3.63) is 66.6 Å². The Kier molecular flexibility index (Phi) is 6.96. The van der Waals surface area contributed by atoms with E-state index in [-0.39, 0.29) is 5.82 Å². The molecular formula is C26H31FN5P. The number of nitrogens with zero attached hydrogens (tertiary/aromatic N) is 3. The van der Waals surface area contributed by atoms with Crippen LogP contribution in [0.3, 0.4) is 0 Å². The van der Waals surface area contributed by atoms with E-state index in [0.717, 1.165) is 46.4 Å². The maximum Gasteiger partial charge on any atom is 0.147 e. The van der Waals surface area contributed by atoms with Crippen LogP contribution in [0.2, 0.25) is 0 Å². The number of anilines is 3. The number of aromatic amines is 1. The molecule has 5 nitrogen and oxygen atoms in total. The van der Waals surface area contributed by atoms with Gasteiger partial charge in [-0.05, 0) is 63.3 Å². The molecule has 2 aromatic carbocycles. The number of para-hydroxylation sites is 1. The fourth-order valence-corrected chi connectivity index (χ4v) is 4.80. The first kappa shape index (κ1) is 23.2. The van der Waals surface area contributed by atoms with E-state index < -0.39 is 7.92 Å². The summed E-state index contributed by atoms with van der Waals surface area (Å²) in [4.78, 5) is 12.3. The molecule has 0 amide bonds. The predicted octanol–water partition coefficient (Wildman–Crippen LogP) is 5.48. The Morgan fingerprint density at radius 1 is 1.00 bits per heavy atom. The summed E-state index contributed by atoms with van der Waals surface area (Å²) in [6.07, 6.45) is 1.75. The van der Waals surface area contributed by atoms with Gasteiger partial charge < -0.3 is 20.1 Å². The van der Waals surface area contributed by atoms with E-state index >= 15 is 0 Å². The minimum atomic E-state index is -0.451. The summed E-state index contributed by atoms with van der Waals surface area (Å²) in [5, 5.41) is 5.30. The Morgan fingerprint density at radius 3 is 2.45 bits per heavy atom. The second-order valence-corrected chi connectivity index (χ2v) is 11.0. The maximum absolute atomic E-state index is 14.7. The van der Waals surface area contributed by atoms with Gasteiger partial charge in [-0.3, -0.25) is 0 Å². The van der Waals surface area contributed by atoms with Crippen molar-refractivity contribution < 1.29 is 4.39 Å². The Morgan fingerprint density at radius 2 is 1.76 bits per heavy atom. The van der Waals surface area contributed by atoms with Gasteiger partial charge in [0.2, 0.25) is 0 Å². The molecule has 0 bridgehead atoms. The molecule has 172 valence electrons. The number of nitrogens with one attached hydrogen (secondary N) is 2. The molecule has 0 fully saturated rings. The number of halogens is 1. The number of benzene rings is 2. The van der Waals surface area contributed by atoms with Crippen LogP contribution in [0.4, 0.5) is 21.5 Å². The minimum Gasteiger partial charge on any atom is -0.373 e. The van der Waals surface area contributed by atoms with E-state index in [1.54, 1.807) is 12.3 Å². The molecule has 0 atom stereocenters. The van der Waals surface area contributed by atoms with Crippen molar-refractivity contribution in [3.8, 4) is 11.3 Å². The number of hydrogen-bond acceptors (Lipinski definition) is 4. The fraction of sp³-hybridized carbons (Fsp3) is 0.269. The van der Waals surface area contributed by atoms with Crippen molar-refractivity contribution in [1.29, 1.82) is 0 Å². The normalized spacial score (nSPS) is 11.5. The van der Waals surface area contributed by atoms with Gasteiger partial charge in [-0.25, -0.2) is 9.37 Å². The largest absolute Gasteiger partial charge is 0.373 e. The van der Waals surface area contributed by atoms with Crippen molar-refractivity contribution in [2.45, 2.75) is 0 Å². The molecular weight excluding hydrogens is 432 g/mol. The van der Waals surface area contributed by atoms with Crippen molar-refractivity contribution >= 4 is 41.3 Å². The lowest BCUT2D eigenvalue weighted by Gasteiger charge is -2.21. The van der Waals surface area contributed by atoms with Gasteiger partial charge >= 0.3 is 0 Å². The van der Waals surface area contributed by atoms with Gasteiger partial charge in [0.1, 0.15) is 11.5 Å². The number of aromatic nitrogens is 2. The van der Waals surface area contributed by atoms with Crippen LogP contribution in [0.15, 0.2) is 60.8 Å². The lowest BCUT2D eigenvalue weighted by Crippen LogP contribution is -2.28. The van der Waals surface area contributed by atoms with Crippen LogP contribution in [-0.4, -0.2) is 62.4 Å². The number of likely N-dealkylation sites (N-methyl/N-ethyl adjacent to an activating group) is 2. The van der Waals surface area contributed by atoms with Crippen molar-refractivity contribution in [1.82, 2.24) is 14.9 Å². The first-order valence-electron chi connectivity index (χ1n) is 11.0. The highest BCUT2D eigenvalue weighted by Crippen LogP contribution is 2.34. The summed E-state index contributed by atoms with van der Waals surface area (Å²) in [5.41, 5.74) is 5.41. The summed E-state index contributed by atoms with van der Waals surface area (Å²) in [6.45, 7) is 6.23. The highest BCUT2D eigenvalue weighted by Gasteiger charge is 2.14. The molecule has 7 heteroatoms. The van der Waals surface area contributed by atoms with E-state index in [4.69, 9.17) is 0 Å². The first-order valence-corrected chi connectivity index (χ1v) is 13.2. The molecule has 0 saturated carbocycles. The molecule has 4 rings (SSSR count). The molecule has 0 spiro atoms. The predicted molar refractivity (Wildman–Crippen MR) is 141 cm³/mol. The van der Waals surface area contributed by atoms with E-state index in [1.165, 1.54) is 11.8 Å². The standard InChI is InChI=1S/C26H31FN5P/c1-31(2)15-16-32(3)19-11-9-18(10-12-19)23-17-20-22(13-14-28-26(20)30-23)29-25-21(27)7-6-8-24(25)33(4)5/h6-14,17H,15-16H2,1-5H3,(H2,28,29,30). The summed E-state index contributed by atoms with van der Waals surface area (Å²) in [5.74, 6) is -0.238. The SMILES string of the molecule is CN(C)CCN(C)c1ccc(-c2cc3c(Nc4c(F)cccc4P(C)C)ccnc3[nH]2)cc1. The second kappa shape index (κ2) is 9.90. The van der Waals surface area contributed by atoms with Gasteiger partial charge in [-0.15, -0.1) is 0 Å². The fourth-order valence-electron chi connectivity index (χ4n) is 3.81. The summed E-state index contributed by atoms with van der Waals surface area (Å²) >= 11 is 0. The van der Waals surface area contributed by atoms with Crippen LogP contribution in [0, 0.1) is 5.82 Å². The summed E-state index contributed by atoms with van der Waals surface area (Å²) < 4.78 is 14.7. The smallest absolute Gasteiger partial charge is 0.147 e. The topological polar surface area (TPSA) is 47.2 Å². The third kappa shape index (κ3) is 5.18. The van der Waals surface area contributed by atoms with Crippen LogP contribution < -0.4 is 15.5 Å². The molecule has 33 heavy (non-hydrogen) atoms. The van der Waals surface area contributed by atoms with Gasteiger partial charge in [-0.2, -0.15) is 0 Å². The Balaban J connectivity index is 1.62. The number of rotatable bonds is 8. The third-order valence-electron chi connectivity index (χ3n) is 5.77. The average Bonchev–Trinajstić information content (AvgIpc) is 3.24. The Hall–Kier alpha value is -2.95. The van der Waals surface area contributed by atoms with E-state index in [9.17, 15) is 4.39 Å². The molecule has 0 radical (unpaired) electrons. The van der Waals surface area contributed by atoms with Crippen LogP contribution in [0.5, 0.6) is 0 Å². The van der Waals surface area contributed by atoms with Gasteiger partial charge in [0.05, 0.1) is 11.4 Å². The lowest BCUT2D eigenvalue weighted by atomic mass is 10.1. The highest BCUT2D eigenvalue weighted by molar-refractivity contribution is 7.64. The quantitative estimate of drug-likeness (QED) is 0.340. The molecule has 2 aromatic heterocycles. The Labute approximate surface area is 196 Å². The summed E-state index contributed by atoms with van der Waals surface area (Å²) in [7, 11) is 5.83. The van der Waals surface area contributed by atoms with Crippen molar-refractivity contribution in [3.63, 3.8) is 0 Å². The monoisotopic (exact) mass is 463 g/mol. The number of fused-ring (bicyclic) bond motifs is 1. The van der Waals surface area contributed by atoms with E-state index in [1.807, 2.05) is 12.1 Å². The third-order valence-corrected chi connectivity index (χ3v) is 7.10. The van der Waals surface area contributed by atoms with Crippen LogP contribution in [0.1, 0.15) is 0 Å². The van der Waals surface area contributed by atoms with Crippen LogP contribution in [-0.2, 0) is 0 Å². The maximum atomic E-state index is 14.7. The van der Waals surface area contributed by atoms with Gasteiger partial charge in [0.15, 0.2) is 0 Å². The molecule has 0 aliphatic carbocycles. The first-order chi connectivity index (χ1) is 15.8. The number of H-pyrrole nitrogens is 1. The van der Waals surface area contributed by atoms with Crippen molar-refractivity contribution in [2.75, 3.05) is 57.8 Å². The average molecular weight is 464 g/mol. The summed E-state index contributed by atoms with van der Waals surface area (Å²) in [6, 6.07) is 17.8.